The molecule has 1 aromatic heterocycles. The molecule has 0 aliphatic carbocycles. The smallest absolute Gasteiger partial charge is 0.214 e. The molecule has 4 nitrogen and oxygen atoms in total. The van der Waals surface area contributed by atoms with Gasteiger partial charge in [-0.15, -0.1) is 11.3 Å². The minimum atomic E-state index is -3.20. The van der Waals surface area contributed by atoms with Crippen LogP contribution in [0.1, 0.15) is 30.7 Å². The molecule has 0 bridgehead atoms. The fourth-order valence-corrected chi connectivity index (χ4v) is 4.00. The van der Waals surface area contributed by atoms with Crippen molar-refractivity contribution in [1.82, 2.24) is 4.31 Å². The van der Waals surface area contributed by atoms with E-state index in [4.69, 9.17) is 5.11 Å². The molecular weight excluding hydrogens is 294 g/mol. The van der Waals surface area contributed by atoms with E-state index in [-0.39, 0.29) is 18.3 Å². The van der Waals surface area contributed by atoms with Crippen LogP contribution >= 0.6 is 11.3 Å². The molecule has 1 rings (SSSR count). The average Bonchev–Trinajstić information content (AvgIpc) is 2.75. The maximum atomic E-state index is 12.0. The van der Waals surface area contributed by atoms with Gasteiger partial charge in [0.05, 0.1) is 12.4 Å². The zero-order valence-corrected chi connectivity index (χ0v) is 13.7. The molecule has 0 unspecified atom stereocenters. The molecular formula is C14H21NO3S2. The van der Waals surface area contributed by atoms with Gasteiger partial charge in [-0.3, -0.25) is 0 Å². The number of rotatable bonds is 6. The van der Waals surface area contributed by atoms with Crippen molar-refractivity contribution in [3.63, 3.8) is 0 Å². The van der Waals surface area contributed by atoms with Gasteiger partial charge in [-0.1, -0.05) is 25.7 Å². The highest BCUT2D eigenvalue weighted by Crippen LogP contribution is 2.18. The van der Waals surface area contributed by atoms with Gasteiger partial charge < -0.3 is 5.11 Å². The maximum Gasteiger partial charge on any atom is 0.214 e. The third-order valence-corrected chi connectivity index (χ3v) is 5.61. The number of thiophene rings is 1. The molecule has 0 saturated carbocycles. The molecule has 20 heavy (non-hydrogen) atoms. The lowest BCUT2D eigenvalue weighted by Crippen LogP contribution is -2.30. The summed E-state index contributed by atoms with van der Waals surface area (Å²) >= 11 is 1.50. The van der Waals surface area contributed by atoms with E-state index in [0.29, 0.717) is 13.0 Å². The molecule has 1 heterocycles. The van der Waals surface area contributed by atoms with E-state index >= 15 is 0 Å². The molecule has 0 aliphatic rings. The van der Waals surface area contributed by atoms with Crippen molar-refractivity contribution in [2.75, 3.05) is 19.4 Å². The van der Waals surface area contributed by atoms with Crippen molar-refractivity contribution < 1.29 is 13.5 Å². The quantitative estimate of drug-likeness (QED) is 0.816. The number of hydrogen-bond acceptors (Lipinski definition) is 4. The molecule has 0 atom stereocenters. The van der Waals surface area contributed by atoms with Gasteiger partial charge in [-0.25, -0.2) is 8.42 Å². The monoisotopic (exact) mass is 315 g/mol. The Balaban J connectivity index is 2.68. The Morgan fingerprint density at radius 3 is 2.75 bits per heavy atom. The maximum absolute atomic E-state index is 12.0. The van der Waals surface area contributed by atoms with Crippen LogP contribution in [-0.4, -0.2) is 37.2 Å². The van der Waals surface area contributed by atoms with Crippen molar-refractivity contribution in [3.05, 3.63) is 21.9 Å². The molecule has 0 spiro atoms. The van der Waals surface area contributed by atoms with E-state index in [9.17, 15) is 8.42 Å². The number of sulfonamides is 1. The van der Waals surface area contributed by atoms with Gasteiger partial charge in [0.2, 0.25) is 10.0 Å². The summed E-state index contributed by atoms with van der Waals surface area (Å²) in [7, 11) is -1.59. The summed E-state index contributed by atoms with van der Waals surface area (Å²) in [5.74, 6) is 6.07. The lowest BCUT2D eigenvalue weighted by atomic mass is 10.3. The first kappa shape index (κ1) is 17.2. The molecule has 112 valence electrons. The van der Waals surface area contributed by atoms with Crippen LogP contribution in [0, 0.1) is 17.8 Å². The van der Waals surface area contributed by atoms with Gasteiger partial charge in [0.15, 0.2) is 0 Å². The Morgan fingerprint density at radius 2 is 2.15 bits per heavy atom. The summed E-state index contributed by atoms with van der Waals surface area (Å²) in [6, 6.07) is 1.90. The minimum absolute atomic E-state index is 0.0557. The first-order valence-electron chi connectivity index (χ1n) is 6.46. The van der Waals surface area contributed by atoms with Gasteiger partial charge in [-0.05, 0) is 12.0 Å². The summed E-state index contributed by atoms with van der Waals surface area (Å²) in [5.41, 5.74) is 0.869. The van der Waals surface area contributed by atoms with E-state index in [0.717, 1.165) is 10.4 Å². The molecule has 6 heteroatoms. The first-order valence-corrected chi connectivity index (χ1v) is 8.95. The van der Waals surface area contributed by atoms with Crippen LogP contribution in [0.3, 0.4) is 0 Å². The Morgan fingerprint density at radius 1 is 1.45 bits per heavy atom. The zero-order valence-electron chi connectivity index (χ0n) is 12.1. The molecule has 0 saturated heterocycles. The number of aliphatic hydroxyl groups is 1. The third kappa shape index (κ3) is 5.63. The summed E-state index contributed by atoms with van der Waals surface area (Å²) in [6.07, 6.45) is 0.452. The number of hydrogen-bond donors (Lipinski definition) is 1. The molecule has 1 aromatic rings. The molecule has 0 fully saturated rings. The van der Waals surface area contributed by atoms with Gasteiger partial charge >= 0.3 is 0 Å². The normalized spacial score (nSPS) is 11.7. The summed E-state index contributed by atoms with van der Waals surface area (Å²) in [4.78, 5) is 0.966. The van der Waals surface area contributed by atoms with Crippen molar-refractivity contribution in [2.45, 2.75) is 26.8 Å². The second-order valence-electron chi connectivity index (χ2n) is 5.01. The predicted molar refractivity (Wildman–Crippen MR) is 83.0 cm³/mol. The van der Waals surface area contributed by atoms with E-state index in [1.165, 1.54) is 15.6 Å². The SMILES string of the molecule is CC(C)CS(=O)(=O)N(C)Cc1cc(C#CCCO)cs1. The van der Waals surface area contributed by atoms with E-state index in [1.807, 2.05) is 25.3 Å². The topological polar surface area (TPSA) is 57.6 Å². The zero-order chi connectivity index (χ0) is 15.2. The Kier molecular flexibility index (Phi) is 6.69. The summed E-state index contributed by atoms with van der Waals surface area (Å²) in [5, 5.41) is 10.6. The Hall–Kier alpha value is -0.870. The van der Waals surface area contributed by atoms with Crippen LogP contribution in [0.2, 0.25) is 0 Å². The third-order valence-electron chi connectivity index (χ3n) is 2.52. The second kappa shape index (κ2) is 7.79. The van der Waals surface area contributed by atoms with E-state index in [1.54, 1.807) is 7.05 Å². The standard InChI is InChI=1S/C14H21NO3S2/c1-12(2)11-20(17,18)15(3)9-14-8-13(10-19-14)6-4-5-7-16/h8,10,12,16H,5,7,9,11H2,1-3H3. The van der Waals surface area contributed by atoms with Crippen molar-refractivity contribution in [2.24, 2.45) is 5.92 Å². The molecule has 0 radical (unpaired) electrons. The molecule has 0 aromatic carbocycles. The van der Waals surface area contributed by atoms with Crippen molar-refractivity contribution in [3.8, 4) is 11.8 Å². The fraction of sp³-hybridized carbons (Fsp3) is 0.571. The highest BCUT2D eigenvalue weighted by molar-refractivity contribution is 7.89. The fourth-order valence-electron chi connectivity index (χ4n) is 1.62. The second-order valence-corrected chi connectivity index (χ2v) is 8.12. The Labute approximate surface area is 125 Å². The first-order chi connectivity index (χ1) is 9.35. The van der Waals surface area contributed by atoms with Crippen LogP contribution in [0.4, 0.5) is 0 Å². The Bertz CT molecular complexity index is 579. The largest absolute Gasteiger partial charge is 0.395 e. The molecule has 0 aliphatic heterocycles. The van der Waals surface area contributed by atoms with Crippen molar-refractivity contribution in [1.29, 1.82) is 0 Å². The summed E-state index contributed by atoms with van der Waals surface area (Å²) in [6.45, 7) is 4.22. The van der Waals surface area contributed by atoms with Crippen LogP contribution < -0.4 is 0 Å². The van der Waals surface area contributed by atoms with Crippen molar-refractivity contribution >= 4 is 21.4 Å². The van der Waals surface area contributed by atoms with Gasteiger partial charge in [-0.2, -0.15) is 4.31 Å². The lowest BCUT2D eigenvalue weighted by Gasteiger charge is -2.17. The molecule has 1 N–H and O–H groups in total. The van der Waals surface area contributed by atoms with Gasteiger partial charge in [0.25, 0.3) is 0 Å². The van der Waals surface area contributed by atoms with Crippen LogP contribution in [0.5, 0.6) is 0 Å². The van der Waals surface area contributed by atoms with Crippen LogP contribution in [-0.2, 0) is 16.6 Å². The van der Waals surface area contributed by atoms with E-state index in [2.05, 4.69) is 11.8 Å². The average molecular weight is 315 g/mol. The number of aliphatic hydroxyl groups excluding tert-OH is 1. The van der Waals surface area contributed by atoms with Gasteiger partial charge in [0, 0.05) is 35.8 Å². The highest BCUT2D eigenvalue weighted by atomic mass is 32.2. The van der Waals surface area contributed by atoms with Crippen LogP contribution in [0.15, 0.2) is 11.4 Å². The van der Waals surface area contributed by atoms with Crippen LogP contribution in [0.25, 0.3) is 0 Å². The lowest BCUT2D eigenvalue weighted by molar-refractivity contribution is 0.305. The predicted octanol–water partition coefficient (Wildman–Crippen LogP) is 1.90. The molecule has 0 amide bonds. The minimum Gasteiger partial charge on any atom is -0.395 e. The van der Waals surface area contributed by atoms with E-state index < -0.39 is 10.0 Å². The number of nitrogens with zero attached hydrogens (tertiary/aromatic N) is 1. The summed E-state index contributed by atoms with van der Waals surface area (Å²) < 4.78 is 25.5. The van der Waals surface area contributed by atoms with Gasteiger partial charge in [0.1, 0.15) is 0 Å². The highest BCUT2D eigenvalue weighted by Gasteiger charge is 2.19.